The zero-order valence-corrected chi connectivity index (χ0v) is 23.7. The standard InChI is InChI=1S/C30H35N5O5/c1-7-40-22-15-12-20(13-16-22)28(29(37)31-30(2,3)4)35(21-14-17-25(38-5)26(18-21)39-6)27(36)19-34-24-11-9-8-10-23(24)32-33-34/h8-18,28H,7,19H2,1-6H3,(H,31,37)/t28-/m0/s1. The van der Waals surface area contributed by atoms with Crippen molar-refractivity contribution in [2.45, 2.75) is 45.8 Å². The van der Waals surface area contributed by atoms with Crippen LogP contribution in [0.1, 0.15) is 39.3 Å². The predicted molar refractivity (Wildman–Crippen MR) is 153 cm³/mol. The molecule has 4 rings (SSSR count). The van der Waals surface area contributed by atoms with E-state index in [-0.39, 0.29) is 18.4 Å². The van der Waals surface area contributed by atoms with Crippen LogP contribution >= 0.6 is 0 Å². The van der Waals surface area contributed by atoms with E-state index in [0.717, 1.165) is 0 Å². The normalized spacial score (nSPS) is 12.1. The number of benzene rings is 3. The first-order valence-electron chi connectivity index (χ1n) is 13.0. The van der Waals surface area contributed by atoms with Gasteiger partial charge in [0.05, 0.1) is 26.3 Å². The average Bonchev–Trinajstić information content (AvgIpc) is 3.33. The van der Waals surface area contributed by atoms with Crippen molar-refractivity contribution < 1.29 is 23.8 Å². The monoisotopic (exact) mass is 545 g/mol. The molecule has 0 saturated heterocycles. The maximum atomic E-state index is 14.2. The maximum Gasteiger partial charge on any atom is 0.249 e. The number of aromatic nitrogens is 3. The molecule has 210 valence electrons. The van der Waals surface area contributed by atoms with E-state index < -0.39 is 11.6 Å². The molecule has 0 spiro atoms. The Hall–Kier alpha value is -4.60. The van der Waals surface area contributed by atoms with Crippen LogP contribution in [0.25, 0.3) is 11.0 Å². The van der Waals surface area contributed by atoms with Crippen LogP contribution in [0.4, 0.5) is 5.69 Å². The predicted octanol–water partition coefficient (Wildman–Crippen LogP) is 4.54. The van der Waals surface area contributed by atoms with Gasteiger partial charge in [0.2, 0.25) is 11.8 Å². The van der Waals surface area contributed by atoms with Crippen LogP contribution in [-0.4, -0.2) is 53.2 Å². The first-order valence-corrected chi connectivity index (χ1v) is 13.0. The SMILES string of the molecule is CCOc1ccc([C@@H](C(=O)NC(C)(C)C)N(C(=O)Cn2nnc3ccccc32)c2ccc(OC)c(OC)c2)cc1. The van der Waals surface area contributed by atoms with E-state index in [1.165, 1.54) is 23.8 Å². The third kappa shape index (κ3) is 6.33. The van der Waals surface area contributed by atoms with E-state index in [9.17, 15) is 9.59 Å². The molecule has 0 unspecified atom stereocenters. The molecular formula is C30H35N5O5. The lowest BCUT2D eigenvalue weighted by molar-refractivity contribution is -0.128. The Balaban J connectivity index is 1.86. The summed E-state index contributed by atoms with van der Waals surface area (Å²) < 4.78 is 18.1. The molecule has 0 aliphatic rings. The van der Waals surface area contributed by atoms with Crippen LogP contribution < -0.4 is 24.4 Å². The smallest absolute Gasteiger partial charge is 0.249 e. The molecule has 0 aliphatic carbocycles. The fourth-order valence-corrected chi connectivity index (χ4v) is 4.42. The van der Waals surface area contributed by atoms with Crippen molar-refractivity contribution in [3.05, 3.63) is 72.3 Å². The summed E-state index contributed by atoms with van der Waals surface area (Å²) in [5, 5.41) is 11.4. The summed E-state index contributed by atoms with van der Waals surface area (Å²) in [7, 11) is 3.06. The Kier molecular flexibility index (Phi) is 8.57. The van der Waals surface area contributed by atoms with E-state index in [1.807, 2.05) is 52.0 Å². The summed E-state index contributed by atoms with van der Waals surface area (Å²) in [5.41, 5.74) is 1.89. The molecule has 2 amide bonds. The summed E-state index contributed by atoms with van der Waals surface area (Å²) in [5.74, 6) is 0.872. The largest absolute Gasteiger partial charge is 0.494 e. The fraction of sp³-hybridized carbons (Fsp3) is 0.333. The van der Waals surface area contributed by atoms with Gasteiger partial charge in [-0.1, -0.05) is 29.5 Å². The Morgan fingerprint density at radius 2 is 1.68 bits per heavy atom. The Morgan fingerprint density at radius 1 is 0.975 bits per heavy atom. The van der Waals surface area contributed by atoms with Gasteiger partial charge in [-0.3, -0.25) is 14.5 Å². The first kappa shape index (κ1) is 28.4. The molecular weight excluding hydrogens is 510 g/mol. The summed E-state index contributed by atoms with van der Waals surface area (Å²) in [6, 6.07) is 18.7. The molecule has 0 fully saturated rings. The maximum absolute atomic E-state index is 14.2. The number of carbonyl (C=O) groups excluding carboxylic acids is 2. The van der Waals surface area contributed by atoms with Crippen LogP contribution in [0.2, 0.25) is 0 Å². The minimum Gasteiger partial charge on any atom is -0.494 e. The molecule has 10 nitrogen and oxygen atoms in total. The average molecular weight is 546 g/mol. The third-order valence-electron chi connectivity index (χ3n) is 6.13. The minimum absolute atomic E-state index is 0.148. The zero-order valence-electron chi connectivity index (χ0n) is 23.7. The number of nitrogens with zero attached hydrogens (tertiary/aromatic N) is 4. The molecule has 1 aromatic heterocycles. The van der Waals surface area contributed by atoms with Crippen molar-refractivity contribution in [2.75, 3.05) is 25.7 Å². The van der Waals surface area contributed by atoms with Crippen LogP contribution in [0, 0.1) is 0 Å². The highest BCUT2D eigenvalue weighted by atomic mass is 16.5. The molecule has 4 aromatic rings. The number of nitrogens with one attached hydrogen (secondary N) is 1. The van der Waals surface area contributed by atoms with Crippen LogP contribution in [0.5, 0.6) is 17.2 Å². The number of anilines is 1. The number of methoxy groups -OCH3 is 2. The van der Waals surface area contributed by atoms with Crippen LogP contribution in [0.3, 0.4) is 0 Å². The molecule has 0 bridgehead atoms. The number of hydrogen-bond donors (Lipinski definition) is 1. The molecule has 1 heterocycles. The number of rotatable bonds is 10. The Labute approximate surface area is 233 Å². The van der Waals surface area contributed by atoms with Crippen molar-refractivity contribution >= 4 is 28.5 Å². The van der Waals surface area contributed by atoms with Gasteiger partial charge in [0.15, 0.2) is 11.5 Å². The summed E-state index contributed by atoms with van der Waals surface area (Å²) >= 11 is 0. The molecule has 0 aliphatic heterocycles. The lowest BCUT2D eigenvalue weighted by Gasteiger charge is -2.34. The number of hydrogen-bond acceptors (Lipinski definition) is 7. The van der Waals surface area contributed by atoms with Gasteiger partial charge in [-0.25, -0.2) is 4.68 Å². The highest BCUT2D eigenvalue weighted by Crippen LogP contribution is 2.36. The highest BCUT2D eigenvalue weighted by Gasteiger charge is 2.35. The quantitative estimate of drug-likeness (QED) is 0.312. The lowest BCUT2D eigenvalue weighted by Crippen LogP contribution is -2.50. The number of para-hydroxylation sites is 1. The van der Waals surface area contributed by atoms with Gasteiger partial charge in [0.1, 0.15) is 23.9 Å². The Bertz CT molecular complexity index is 1480. The second kappa shape index (κ2) is 12.1. The van der Waals surface area contributed by atoms with Gasteiger partial charge in [-0.2, -0.15) is 0 Å². The van der Waals surface area contributed by atoms with Crippen molar-refractivity contribution in [3.8, 4) is 17.2 Å². The van der Waals surface area contributed by atoms with E-state index in [0.29, 0.717) is 46.1 Å². The van der Waals surface area contributed by atoms with Gasteiger partial charge >= 0.3 is 0 Å². The second-order valence-corrected chi connectivity index (χ2v) is 10.2. The Morgan fingerprint density at radius 3 is 2.33 bits per heavy atom. The fourth-order valence-electron chi connectivity index (χ4n) is 4.42. The molecule has 0 radical (unpaired) electrons. The molecule has 10 heteroatoms. The third-order valence-corrected chi connectivity index (χ3v) is 6.13. The van der Waals surface area contributed by atoms with Crippen LogP contribution in [-0.2, 0) is 16.1 Å². The molecule has 0 saturated carbocycles. The topological polar surface area (TPSA) is 108 Å². The number of carbonyl (C=O) groups is 2. The van der Waals surface area contributed by atoms with Gasteiger partial charge in [0.25, 0.3) is 0 Å². The van der Waals surface area contributed by atoms with E-state index >= 15 is 0 Å². The highest BCUT2D eigenvalue weighted by molar-refractivity contribution is 6.02. The second-order valence-electron chi connectivity index (χ2n) is 10.2. The van der Waals surface area contributed by atoms with E-state index in [4.69, 9.17) is 14.2 Å². The van der Waals surface area contributed by atoms with Gasteiger partial charge in [0, 0.05) is 17.3 Å². The summed E-state index contributed by atoms with van der Waals surface area (Å²) in [6.45, 7) is 7.94. The van der Waals surface area contributed by atoms with Crippen molar-refractivity contribution in [2.24, 2.45) is 0 Å². The molecule has 40 heavy (non-hydrogen) atoms. The van der Waals surface area contributed by atoms with Crippen molar-refractivity contribution in [1.82, 2.24) is 20.3 Å². The van der Waals surface area contributed by atoms with Gasteiger partial charge < -0.3 is 19.5 Å². The number of fused-ring (bicyclic) bond motifs is 1. The number of amides is 2. The van der Waals surface area contributed by atoms with Crippen molar-refractivity contribution in [3.63, 3.8) is 0 Å². The number of ether oxygens (including phenoxy) is 3. The van der Waals surface area contributed by atoms with E-state index in [1.54, 1.807) is 42.5 Å². The summed E-state index contributed by atoms with van der Waals surface area (Å²) in [6.07, 6.45) is 0. The minimum atomic E-state index is -1.02. The van der Waals surface area contributed by atoms with Crippen LogP contribution in [0.15, 0.2) is 66.7 Å². The van der Waals surface area contributed by atoms with Gasteiger partial charge in [-0.05, 0) is 69.7 Å². The lowest BCUT2D eigenvalue weighted by atomic mass is 10.0. The molecule has 3 aromatic carbocycles. The molecule has 1 N–H and O–H groups in total. The van der Waals surface area contributed by atoms with Gasteiger partial charge in [-0.15, -0.1) is 5.10 Å². The van der Waals surface area contributed by atoms with Crippen molar-refractivity contribution in [1.29, 1.82) is 0 Å². The zero-order chi connectivity index (χ0) is 28.9. The molecule has 1 atom stereocenters. The summed E-state index contributed by atoms with van der Waals surface area (Å²) in [4.78, 5) is 29.6. The first-order chi connectivity index (χ1) is 19.1. The van der Waals surface area contributed by atoms with E-state index in [2.05, 4.69) is 15.6 Å².